The molecular weight excluding hydrogens is 329 g/mol. The van der Waals surface area contributed by atoms with Gasteiger partial charge in [0.15, 0.2) is 0 Å². The van der Waals surface area contributed by atoms with Crippen molar-refractivity contribution in [3.63, 3.8) is 0 Å². The molecule has 0 aliphatic heterocycles. The maximum Gasteiger partial charge on any atom is 0.340 e. The molecule has 1 unspecified atom stereocenters. The predicted octanol–water partition coefficient (Wildman–Crippen LogP) is 6.41. The van der Waals surface area contributed by atoms with Crippen molar-refractivity contribution in [2.45, 2.75) is 96.8 Å². The Kier molecular flexibility index (Phi) is 21.7. The molecule has 0 amide bonds. The molecule has 1 atom stereocenters. The van der Waals surface area contributed by atoms with Crippen LogP contribution in [0.4, 0.5) is 0 Å². The van der Waals surface area contributed by atoms with Crippen LogP contribution in [0, 0.1) is 0 Å². The maximum atomic E-state index is 9.29. The van der Waals surface area contributed by atoms with Crippen molar-refractivity contribution >= 4 is 8.03 Å². The first-order valence-electron chi connectivity index (χ1n) is 10.4. The number of hydrogen-bond donors (Lipinski definition) is 0. The number of quaternary nitrogens is 1. The van der Waals surface area contributed by atoms with Gasteiger partial charge in [-0.3, -0.25) is 0 Å². The maximum absolute atomic E-state index is 9.29. The molecule has 3 nitrogen and oxygen atoms in total. The van der Waals surface area contributed by atoms with Gasteiger partial charge in [-0.25, -0.2) is 0 Å². The minimum atomic E-state index is -2.33. The van der Waals surface area contributed by atoms with E-state index in [0.717, 1.165) is 10.3 Å². The first kappa shape index (κ1) is 27.0. The topological polar surface area (TPSA) is 40.1 Å². The first-order valence-corrected chi connectivity index (χ1v) is 11.6. The molecule has 0 aromatic carbocycles. The molecule has 0 aliphatic rings. The van der Waals surface area contributed by atoms with E-state index in [9.17, 15) is 9.46 Å². The van der Waals surface area contributed by atoms with Crippen LogP contribution in [0.2, 0.25) is 0 Å². The lowest BCUT2D eigenvalue weighted by atomic mass is 10.0. The van der Waals surface area contributed by atoms with E-state index in [-0.39, 0.29) is 0 Å². The average Bonchev–Trinajstić information content (AvgIpc) is 2.54. The number of rotatable bonds is 16. The minimum Gasteiger partial charge on any atom is -0.591 e. The summed E-state index contributed by atoms with van der Waals surface area (Å²) in [5.41, 5.74) is 0. The van der Waals surface area contributed by atoms with Crippen molar-refractivity contribution in [1.82, 2.24) is 0 Å². The van der Waals surface area contributed by atoms with Crippen LogP contribution in [-0.4, -0.2) is 32.2 Å². The summed E-state index contributed by atoms with van der Waals surface area (Å²) in [7, 11) is 4.55. The first-order chi connectivity index (χ1) is 11.8. The fraction of sp³-hybridized carbons (Fsp3) is 0.905. The molecule has 0 saturated carbocycles. The molecule has 4 heteroatoms. The average molecular weight is 375 g/mol. The van der Waals surface area contributed by atoms with Crippen LogP contribution in [0.3, 0.4) is 0 Å². The van der Waals surface area contributed by atoms with Crippen molar-refractivity contribution in [2.24, 2.45) is 0 Å². The number of nitrogens with zero attached hydrogens (tertiary/aromatic N) is 1. The highest BCUT2D eigenvalue weighted by Crippen LogP contribution is 2.13. The normalized spacial score (nSPS) is 11.6. The van der Waals surface area contributed by atoms with Gasteiger partial charge in [0.25, 0.3) is 0 Å². The van der Waals surface area contributed by atoms with Crippen molar-refractivity contribution in [3.8, 4) is 0 Å². The number of hydrogen-bond acceptors (Lipinski definition) is 2. The molecule has 0 fully saturated rings. The Hall–Kier alpha value is -0.240. The van der Waals surface area contributed by atoms with Gasteiger partial charge < -0.3 is 9.38 Å². The highest BCUT2D eigenvalue weighted by molar-refractivity contribution is 7.40. The minimum absolute atomic E-state index is 0.870. The molecule has 0 radical (unpaired) electrons. The van der Waals surface area contributed by atoms with Gasteiger partial charge in [0.2, 0.25) is 0 Å². The van der Waals surface area contributed by atoms with E-state index in [1.807, 2.05) is 0 Å². The quantitative estimate of drug-likeness (QED) is 0.178. The van der Waals surface area contributed by atoms with E-state index in [1.54, 1.807) is 0 Å². The van der Waals surface area contributed by atoms with Gasteiger partial charge in [0.05, 0.1) is 27.7 Å². The summed E-state index contributed by atoms with van der Waals surface area (Å²) in [6.07, 6.45) is 20.4. The summed E-state index contributed by atoms with van der Waals surface area (Å²) in [6, 6.07) is 0. The molecule has 0 spiro atoms. The summed E-state index contributed by atoms with van der Waals surface area (Å²) in [6.45, 7) is 6.59. The van der Waals surface area contributed by atoms with Gasteiger partial charge in [-0.15, -0.1) is 0 Å². The molecule has 0 heterocycles. The van der Waals surface area contributed by atoms with E-state index in [4.69, 9.17) is 0 Å². The van der Waals surface area contributed by atoms with E-state index in [2.05, 4.69) is 34.6 Å². The van der Waals surface area contributed by atoms with Crippen molar-refractivity contribution in [3.05, 3.63) is 12.4 Å². The van der Waals surface area contributed by atoms with Crippen LogP contribution < -0.4 is 4.89 Å². The lowest BCUT2D eigenvalue weighted by molar-refractivity contribution is -0.870. The SMILES string of the molecule is C=C[P+](=O)[O-].CCCCCCCCCCCCCCCC[N+](C)(C)C. The lowest BCUT2D eigenvalue weighted by Gasteiger charge is -2.23. The second-order valence-electron chi connectivity index (χ2n) is 8.08. The summed E-state index contributed by atoms with van der Waals surface area (Å²) in [5, 5.41) is 0. The Morgan fingerprint density at radius 2 is 1.04 bits per heavy atom. The number of unbranched alkanes of at least 4 members (excludes halogenated alkanes) is 13. The van der Waals surface area contributed by atoms with Gasteiger partial charge in [-0.1, -0.05) is 95.1 Å². The van der Waals surface area contributed by atoms with Crippen LogP contribution in [0.5, 0.6) is 0 Å². The lowest BCUT2D eigenvalue weighted by Crippen LogP contribution is -2.35. The zero-order chi connectivity index (χ0) is 19.4. The molecular formula is C21H45NO2P+. The van der Waals surface area contributed by atoms with Crippen LogP contribution in [0.1, 0.15) is 96.8 Å². The van der Waals surface area contributed by atoms with E-state index in [1.165, 1.54) is 96.4 Å². The van der Waals surface area contributed by atoms with Crippen molar-refractivity contribution in [1.29, 1.82) is 0 Å². The predicted molar refractivity (Wildman–Crippen MR) is 111 cm³/mol. The summed E-state index contributed by atoms with van der Waals surface area (Å²) >= 11 is 0. The fourth-order valence-electron chi connectivity index (χ4n) is 2.78. The Balaban J connectivity index is 0. The third kappa shape index (κ3) is 32.0. The largest absolute Gasteiger partial charge is 0.591 e. The van der Waals surface area contributed by atoms with Crippen LogP contribution in [0.25, 0.3) is 0 Å². The zero-order valence-electron chi connectivity index (χ0n) is 17.6. The molecule has 25 heavy (non-hydrogen) atoms. The standard InChI is InChI=1S/C19H42N.C2H3O2P/c1-5-6-7-8-9-10-11-12-13-14-15-16-17-18-19-20(2,3)4;1-2-5(3)4/h5-19H2,1-4H3;2H,1H2/q+1;. The molecule has 0 bridgehead atoms. The fourth-order valence-corrected chi connectivity index (χ4v) is 2.78. The second kappa shape index (κ2) is 20.1. The smallest absolute Gasteiger partial charge is 0.340 e. The van der Waals surface area contributed by atoms with Crippen LogP contribution in [0.15, 0.2) is 12.4 Å². The second-order valence-corrected chi connectivity index (χ2v) is 9.01. The Morgan fingerprint density at radius 1 is 0.760 bits per heavy atom. The van der Waals surface area contributed by atoms with E-state index < -0.39 is 8.03 Å². The molecule has 0 aliphatic carbocycles. The monoisotopic (exact) mass is 374 g/mol. The third-order valence-corrected chi connectivity index (χ3v) is 4.63. The van der Waals surface area contributed by atoms with Gasteiger partial charge in [-0.2, -0.15) is 0 Å². The zero-order valence-corrected chi connectivity index (χ0v) is 18.5. The van der Waals surface area contributed by atoms with Crippen LogP contribution in [-0.2, 0) is 4.57 Å². The molecule has 0 saturated heterocycles. The van der Waals surface area contributed by atoms with E-state index in [0.29, 0.717) is 0 Å². The van der Waals surface area contributed by atoms with Crippen molar-refractivity contribution in [2.75, 3.05) is 27.7 Å². The van der Waals surface area contributed by atoms with Gasteiger partial charge >= 0.3 is 8.03 Å². The molecule has 0 rings (SSSR count). The summed E-state index contributed by atoms with van der Waals surface area (Å²) < 4.78 is 10.4. The molecule has 0 aromatic rings. The third-order valence-electron chi connectivity index (χ3n) is 4.33. The van der Waals surface area contributed by atoms with Crippen molar-refractivity contribution < 1.29 is 13.9 Å². The Bertz CT molecular complexity index is 301. The molecule has 0 N–H and O–H groups in total. The molecule has 0 aromatic heterocycles. The van der Waals surface area contributed by atoms with Crippen LogP contribution >= 0.6 is 8.03 Å². The Morgan fingerprint density at radius 3 is 1.28 bits per heavy atom. The highest BCUT2D eigenvalue weighted by Gasteiger charge is 2.04. The van der Waals surface area contributed by atoms with Gasteiger partial charge in [0.1, 0.15) is 5.82 Å². The summed E-state index contributed by atoms with van der Waals surface area (Å²) in [4.78, 5) is 9.29. The van der Waals surface area contributed by atoms with Gasteiger partial charge in [-0.05, 0) is 12.8 Å². The molecule has 150 valence electrons. The van der Waals surface area contributed by atoms with Gasteiger partial charge in [0, 0.05) is 0 Å². The Labute approximate surface area is 159 Å². The van der Waals surface area contributed by atoms with E-state index >= 15 is 0 Å². The summed E-state index contributed by atoms with van der Waals surface area (Å²) in [5.74, 6) is 0.870. The highest BCUT2D eigenvalue weighted by atomic mass is 31.1.